The fourth-order valence-electron chi connectivity index (χ4n) is 3.96. The van der Waals surface area contributed by atoms with E-state index in [1.165, 1.54) is 0 Å². The number of piperidine rings is 1. The number of likely N-dealkylation sites (tertiary alicyclic amines) is 1. The van der Waals surface area contributed by atoms with E-state index in [0.717, 1.165) is 49.8 Å². The van der Waals surface area contributed by atoms with Crippen LogP contribution in [0.15, 0.2) is 59.2 Å². The molecule has 31 heavy (non-hydrogen) atoms. The molecular formula is C24H25ClN2O4. The normalized spacial score (nSPS) is 15.1. The highest BCUT2D eigenvalue weighted by Gasteiger charge is 2.25. The molecule has 3 aromatic rings. The average Bonchev–Trinajstić information content (AvgIpc) is 3.27. The molecule has 0 saturated carbocycles. The lowest BCUT2D eigenvalue weighted by atomic mass is 9.89. The van der Waals surface area contributed by atoms with Crippen molar-refractivity contribution in [1.29, 1.82) is 0 Å². The van der Waals surface area contributed by atoms with Crippen LogP contribution in [0.2, 0.25) is 5.02 Å². The Hall–Kier alpha value is -2.83. The zero-order chi connectivity index (χ0) is 21.6. The number of carbonyl (C=O) groups excluding carboxylic acids is 2. The van der Waals surface area contributed by atoms with Crippen LogP contribution in [0.1, 0.15) is 29.6 Å². The van der Waals surface area contributed by atoms with Gasteiger partial charge >= 0.3 is 6.09 Å². The first-order valence-corrected chi connectivity index (χ1v) is 10.9. The van der Waals surface area contributed by atoms with Gasteiger partial charge in [-0.3, -0.25) is 10.1 Å². The summed E-state index contributed by atoms with van der Waals surface area (Å²) in [6, 6.07) is 14.5. The number of nitrogens with zero attached hydrogens (tertiary/aromatic N) is 1. The lowest BCUT2D eigenvalue weighted by molar-refractivity contribution is 0.0830. The average molecular weight is 441 g/mol. The smallest absolute Gasteiger partial charge is 0.411 e. The third-order valence-electron chi connectivity index (χ3n) is 5.65. The standard InChI is InChI=1S/C24H25ClN2O4/c25-20-7-5-17(6-8-20)22(28)18-9-13-27(14-10-18)12-2-15-31-24(29)26-21-4-1-3-19-11-16-30-23(19)21/h1,3-8,11,16,18H,2,9-10,12-15H2,(H,26,29). The van der Waals surface area contributed by atoms with Crippen molar-refractivity contribution in [1.82, 2.24) is 4.90 Å². The maximum Gasteiger partial charge on any atom is 0.411 e. The fraction of sp³-hybridized carbons (Fsp3) is 0.333. The monoisotopic (exact) mass is 440 g/mol. The Kier molecular flexibility index (Phi) is 6.89. The topological polar surface area (TPSA) is 71.8 Å². The first-order chi connectivity index (χ1) is 15.1. The molecule has 0 aliphatic carbocycles. The molecular weight excluding hydrogens is 416 g/mol. The van der Waals surface area contributed by atoms with Gasteiger partial charge in [-0.2, -0.15) is 0 Å². The fourth-order valence-corrected chi connectivity index (χ4v) is 4.09. The number of carbonyl (C=O) groups is 2. The number of nitrogens with one attached hydrogen (secondary N) is 1. The Bertz CT molecular complexity index is 1040. The van der Waals surface area contributed by atoms with Crippen LogP contribution in [0.5, 0.6) is 0 Å². The van der Waals surface area contributed by atoms with Crippen LogP contribution < -0.4 is 5.32 Å². The molecule has 2 heterocycles. The van der Waals surface area contributed by atoms with Gasteiger partial charge in [-0.25, -0.2) is 4.79 Å². The summed E-state index contributed by atoms with van der Waals surface area (Å²) in [5.74, 6) is 0.256. The Balaban J connectivity index is 1.15. The minimum absolute atomic E-state index is 0.0590. The van der Waals surface area contributed by atoms with E-state index in [1.54, 1.807) is 36.6 Å². The summed E-state index contributed by atoms with van der Waals surface area (Å²) < 4.78 is 10.7. The van der Waals surface area contributed by atoms with Crippen molar-refractivity contribution in [2.24, 2.45) is 5.92 Å². The minimum atomic E-state index is -0.490. The number of anilines is 1. The number of fused-ring (bicyclic) bond motifs is 1. The van der Waals surface area contributed by atoms with Crippen molar-refractivity contribution < 1.29 is 18.7 Å². The number of ketones is 1. The molecule has 1 fully saturated rings. The molecule has 1 amide bonds. The zero-order valence-corrected chi connectivity index (χ0v) is 17.9. The predicted molar refractivity (Wildman–Crippen MR) is 121 cm³/mol. The molecule has 0 unspecified atom stereocenters. The Labute approximate surface area is 186 Å². The van der Waals surface area contributed by atoms with Gasteiger partial charge in [0.1, 0.15) is 0 Å². The lowest BCUT2D eigenvalue weighted by Crippen LogP contribution is -2.37. The first kappa shape index (κ1) is 21.4. The van der Waals surface area contributed by atoms with E-state index in [2.05, 4.69) is 10.2 Å². The quantitative estimate of drug-likeness (QED) is 0.381. The third kappa shape index (κ3) is 5.46. The number of ether oxygens (including phenoxy) is 1. The minimum Gasteiger partial charge on any atom is -0.462 e. The second-order valence-electron chi connectivity index (χ2n) is 7.75. The van der Waals surface area contributed by atoms with Gasteiger partial charge in [0.2, 0.25) is 0 Å². The third-order valence-corrected chi connectivity index (χ3v) is 5.91. The molecule has 1 aliphatic rings. The second-order valence-corrected chi connectivity index (χ2v) is 8.18. The van der Waals surface area contributed by atoms with Crippen molar-refractivity contribution in [3.8, 4) is 0 Å². The number of hydrogen-bond acceptors (Lipinski definition) is 5. The molecule has 0 bridgehead atoms. The van der Waals surface area contributed by atoms with Crippen LogP contribution in [0.4, 0.5) is 10.5 Å². The van der Waals surface area contributed by atoms with Gasteiger partial charge in [0.15, 0.2) is 11.4 Å². The van der Waals surface area contributed by atoms with E-state index in [4.69, 9.17) is 20.8 Å². The number of hydrogen-bond donors (Lipinski definition) is 1. The van der Waals surface area contributed by atoms with Gasteiger partial charge < -0.3 is 14.1 Å². The number of Topliss-reactive ketones (excluding diaryl/α,β-unsaturated/α-hetero) is 1. The number of para-hydroxylation sites is 1. The van der Waals surface area contributed by atoms with Crippen molar-refractivity contribution in [3.05, 3.63) is 65.4 Å². The maximum atomic E-state index is 12.6. The van der Waals surface area contributed by atoms with Crippen LogP contribution in [0.3, 0.4) is 0 Å². The molecule has 1 saturated heterocycles. The van der Waals surface area contributed by atoms with Gasteiger partial charge in [-0.05, 0) is 68.8 Å². The summed E-state index contributed by atoms with van der Waals surface area (Å²) >= 11 is 5.90. The summed E-state index contributed by atoms with van der Waals surface area (Å²) in [4.78, 5) is 27.0. The van der Waals surface area contributed by atoms with E-state index >= 15 is 0 Å². The van der Waals surface area contributed by atoms with Crippen LogP contribution in [-0.4, -0.2) is 43.0 Å². The predicted octanol–water partition coefficient (Wildman–Crippen LogP) is 5.62. The zero-order valence-electron chi connectivity index (χ0n) is 17.2. The molecule has 1 aromatic heterocycles. The van der Waals surface area contributed by atoms with Crippen molar-refractivity contribution >= 4 is 40.1 Å². The van der Waals surface area contributed by atoms with Crippen LogP contribution in [0, 0.1) is 5.92 Å². The molecule has 6 nitrogen and oxygen atoms in total. The van der Waals surface area contributed by atoms with Gasteiger partial charge in [0.05, 0.1) is 18.6 Å². The number of rotatable bonds is 7. The van der Waals surface area contributed by atoms with E-state index in [9.17, 15) is 9.59 Å². The molecule has 0 spiro atoms. The van der Waals surface area contributed by atoms with E-state index < -0.39 is 6.09 Å². The highest BCUT2D eigenvalue weighted by atomic mass is 35.5. The molecule has 4 rings (SSSR count). The molecule has 162 valence electrons. The summed E-state index contributed by atoms with van der Waals surface area (Å²) in [5, 5.41) is 4.30. The Morgan fingerprint density at radius 2 is 1.87 bits per heavy atom. The molecule has 2 aromatic carbocycles. The van der Waals surface area contributed by atoms with E-state index in [-0.39, 0.29) is 11.7 Å². The summed E-state index contributed by atoms with van der Waals surface area (Å²) in [6.07, 6.45) is 3.53. The molecule has 0 atom stereocenters. The largest absolute Gasteiger partial charge is 0.462 e. The van der Waals surface area contributed by atoms with Crippen molar-refractivity contribution in [2.75, 3.05) is 31.6 Å². The summed E-state index contributed by atoms with van der Waals surface area (Å²) in [7, 11) is 0. The second kappa shape index (κ2) is 9.98. The van der Waals surface area contributed by atoms with E-state index in [1.807, 2.05) is 18.2 Å². The number of furan rings is 1. The molecule has 0 radical (unpaired) electrons. The Morgan fingerprint density at radius 3 is 2.65 bits per heavy atom. The van der Waals surface area contributed by atoms with Crippen molar-refractivity contribution in [2.45, 2.75) is 19.3 Å². The summed E-state index contributed by atoms with van der Waals surface area (Å²) in [5.41, 5.74) is 1.96. The SMILES string of the molecule is O=C(Nc1cccc2ccoc12)OCCCN1CCC(C(=O)c2ccc(Cl)cc2)CC1. The number of benzene rings is 2. The summed E-state index contributed by atoms with van der Waals surface area (Å²) in [6.45, 7) is 2.92. The van der Waals surface area contributed by atoms with Gasteiger partial charge in [-0.15, -0.1) is 0 Å². The van der Waals surface area contributed by atoms with E-state index in [0.29, 0.717) is 22.9 Å². The van der Waals surface area contributed by atoms with Gasteiger partial charge in [-0.1, -0.05) is 23.7 Å². The molecule has 1 N–H and O–H groups in total. The highest BCUT2D eigenvalue weighted by molar-refractivity contribution is 6.30. The first-order valence-electron chi connectivity index (χ1n) is 10.5. The number of amides is 1. The van der Waals surface area contributed by atoms with Crippen LogP contribution >= 0.6 is 11.6 Å². The molecule has 7 heteroatoms. The van der Waals surface area contributed by atoms with Crippen LogP contribution in [-0.2, 0) is 4.74 Å². The maximum absolute atomic E-state index is 12.6. The van der Waals surface area contributed by atoms with Crippen molar-refractivity contribution in [3.63, 3.8) is 0 Å². The van der Waals surface area contributed by atoms with Gasteiger partial charge in [0, 0.05) is 28.4 Å². The Morgan fingerprint density at radius 1 is 1.10 bits per heavy atom. The highest BCUT2D eigenvalue weighted by Crippen LogP contribution is 2.25. The lowest BCUT2D eigenvalue weighted by Gasteiger charge is -2.31. The van der Waals surface area contributed by atoms with Crippen LogP contribution in [0.25, 0.3) is 11.0 Å². The number of halogens is 1. The molecule has 1 aliphatic heterocycles. The van der Waals surface area contributed by atoms with Gasteiger partial charge in [0.25, 0.3) is 0 Å².